The monoisotopic (exact) mass is 425 g/mol. The lowest BCUT2D eigenvalue weighted by atomic mass is 10.2. The van der Waals surface area contributed by atoms with Gasteiger partial charge in [0.1, 0.15) is 5.82 Å². The predicted octanol–water partition coefficient (Wildman–Crippen LogP) is 2.55. The van der Waals surface area contributed by atoms with Crippen LogP contribution in [-0.2, 0) is 28.1 Å². The van der Waals surface area contributed by atoms with Gasteiger partial charge in [0, 0.05) is 31.2 Å². The van der Waals surface area contributed by atoms with E-state index in [1.165, 1.54) is 20.7 Å². The third kappa shape index (κ3) is 5.29. The molecule has 150 valence electrons. The van der Waals surface area contributed by atoms with Gasteiger partial charge in [0.05, 0.1) is 6.54 Å². The van der Waals surface area contributed by atoms with Crippen molar-refractivity contribution >= 4 is 27.7 Å². The van der Waals surface area contributed by atoms with Gasteiger partial charge in [-0.3, -0.25) is 4.79 Å². The van der Waals surface area contributed by atoms with Crippen LogP contribution in [0.1, 0.15) is 17.5 Å². The molecule has 1 aliphatic heterocycles. The first-order chi connectivity index (χ1) is 13.3. The van der Waals surface area contributed by atoms with Gasteiger partial charge in [-0.05, 0) is 41.8 Å². The number of carbonyl (C=O) groups excluding carboxylic acids is 1. The van der Waals surface area contributed by atoms with Crippen LogP contribution < -0.4 is 5.32 Å². The molecule has 0 unspecified atom stereocenters. The molecule has 9 heteroatoms. The van der Waals surface area contributed by atoms with Crippen molar-refractivity contribution in [2.24, 2.45) is 0 Å². The number of carbonyl (C=O) groups is 1. The molecular formula is C19H21ClFN3O3S. The smallest absolute Gasteiger partial charge is 0.282 e. The average molecular weight is 426 g/mol. The summed E-state index contributed by atoms with van der Waals surface area (Å²) in [6, 6.07) is 12.8. The van der Waals surface area contributed by atoms with Gasteiger partial charge in [-0.1, -0.05) is 35.9 Å². The maximum absolute atomic E-state index is 13.0. The van der Waals surface area contributed by atoms with Crippen molar-refractivity contribution in [2.75, 3.05) is 19.6 Å². The van der Waals surface area contributed by atoms with E-state index in [1.807, 2.05) is 0 Å². The van der Waals surface area contributed by atoms with E-state index in [2.05, 4.69) is 5.32 Å². The van der Waals surface area contributed by atoms with Crippen LogP contribution in [0.4, 0.5) is 4.39 Å². The molecule has 1 N–H and O–H groups in total. The summed E-state index contributed by atoms with van der Waals surface area (Å²) in [5, 5.41) is 3.33. The first kappa shape index (κ1) is 20.7. The second kappa shape index (κ2) is 9.00. The van der Waals surface area contributed by atoms with Gasteiger partial charge in [-0.25, -0.2) is 4.39 Å². The maximum Gasteiger partial charge on any atom is 0.282 e. The van der Waals surface area contributed by atoms with Crippen LogP contribution in [0.2, 0.25) is 5.02 Å². The number of nitrogens with one attached hydrogen (secondary N) is 1. The molecule has 28 heavy (non-hydrogen) atoms. The largest absolute Gasteiger partial charge is 0.351 e. The third-order valence-electron chi connectivity index (χ3n) is 4.46. The van der Waals surface area contributed by atoms with Crippen molar-refractivity contribution in [3.05, 3.63) is 70.5 Å². The van der Waals surface area contributed by atoms with Crippen LogP contribution in [0.25, 0.3) is 0 Å². The molecule has 0 spiro atoms. The lowest BCUT2D eigenvalue weighted by molar-refractivity contribution is -0.121. The second-order valence-electron chi connectivity index (χ2n) is 6.56. The number of nitrogens with zero attached hydrogens (tertiary/aromatic N) is 2. The number of hydrogen-bond acceptors (Lipinski definition) is 3. The summed E-state index contributed by atoms with van der Waals surface area (Å²) in [5.74, 6) is -0.744. The third-order valence-corrected chi connectivity index (χ3v) is 6.64. The van der Waals surface area contributed by atoms with Gasteiger partial charge in [0.25, 0.3) is 10.2 Å². The summed E-state index contributed by atoms with van der Waals surface area (Å²) in [6.07, 6.45) is 0.616. The zero-order valence-electron chi connectivity index (χ0n) is 15.1. The summed E-state index contributed by atoms with van der Waals surface area (Å²) in [4.78, 5) is 12.2. The number of hydrogen-bond donors (Lipinski definition) is 1. The Bertz CT molecular complexity index is 920. The number of halogens is 2. The van der Waals surface area contributed by atoms with Gasteiger partial charge in [0.2, 0.25) is 5.91 Å². The Morgan fingerprint density at radius 3 is 2.29 bits per heavy atom. The van der Waals surface area contributed by atoms with Crippen LogP contribution in [0.5, 0.6) is 0 Å². The van der Waals surface area contributed by atoms with Crippen LogP contribution in [-0.4, -0.2) is 42.6 Å². The summed E-state index contributed by atoms with van der Waals surface area (Å²) < 4.78 is 41.2. The molecule has 0 aliphatic carbocycles. The number of amides is 1. The van der Waals surface area contributed by atoms with Gasteiger partial charge in [0.15, 0.2) is 0 Å². The lowest BCUT2D eigenvalue weighted by Gasteiger charge is -2.34. The standard InChI is InChI=1S/C19H21ClFN3O3S/c20-17-6-2-15(3-7-17)12-22-19(25)14-24-11-1-10-23(28(24,26)27)13-16-4-8-18(21)9-5-16/h2-9H,1,10-14H2,(H,22,25). The van der Waals surface area contributed by atoms with E-state index in [4.69, 9.17) is 11.6 Å². The molecule has 0 radical (unpaired) electrons. The van der Waals surface area contributed by atoms with Crippen molar-refractivity contribution in [3.8, 4) is 0 Å². The van der Waals surface area contributed by atoms with Crippen LogP contribution >= 0.6 is 11.6 Å². The second-order valence-corrected chi connectivity index (χ2v) is 8.92. The molecule has 1 saturated heterocycles. The van der Waals surface area contributed by atoms with Crippen molar-refractivity contribution in [2.45, 2.75) is 19.5 Å². The molecule has 3 rings (SSSR count). The molecule has 6 nitrogen and oxygen atoms in total. The molecule has 1 fully saturated rings. The Morgan fingerprint density at radius 1 is 1.00 bits per heavy atom. The van der Waals surface area contributed by atoms with E-state index in [9.17, 15) is 17.6 Å². The maximum atomic E-state index is 13.0. The Balaban J connectivity index is 1.59. The summed E-state index contributed by atoms with van der Waals surface area (Å²) in [5.41, 5.74) is 1.57. The molecule has 1 amide bonds. The van der Waals surface area contributed by atoms with Crippen LogP contribution in [0.3, 0.4) is 0 Å². The normalized spacial score (nSPS) is 17.4. The molecule has 1 aliphatic rings. The lowest BCUT2D eigenvalue weighted by Crippen LogP contribution is -2.52. The minimum absolute atomic E-state index is 0.144. The Labute approximate surface area is 169 Å². The minimum Gasteiger partial charge on any atom is -0.351 e. The fourth-order valence-corrected chi connectivity index (χ4v) is 4.72. The van der Waals surface area contributed by atoms with E-state index in [-0.39, 0.29) is 31.4 Å². The summed E-state index contributed by atoms with van der Waals surface area (Å²) in [7, 11) is -3.76. The highest BCUT2D eigenvalue weighted by molar-refractivity contribution is 7.86. The highest BCUT2D eigenvalue weighted by Gasteiger charge is 2.34. The van der Waals surface area contributed by atoms with Crippen molar-refractivity contribution in [1.82, 2.24) is 13.9 Å². The number of rotatable bonds is 6. The molecule has 0 atom stereocenters. The molecule has 0 saturated carbocycles. The average Bonchev–Trinajstić information content (AvgIpc) is 2.66. The highest BCUT2D eigenvalue weighted by Crippen LogP contribution is 2.19. The van der Waals surface area contributed by atoms with E-state index in [0.29, 0.717) is 30.1 Å². The Morgan fingerprint density at radius 2 is 1.61 bits per heavy atom. The topological polar surface area (TPSA) is 69.7 Å². The predicted molar refractivity (Wildman–Crippen MR) is 105 cm³/mol. The van der Waals surface area contributed by atoms with E-state index >= 15 is 0 Å². The van der Waals surface area contributed by atoms with Gasteiger partial charge in [-0.15, -0.1) is 0 Å². The summed E-state index contributed by atoms with van der Waals surface area (Å²) >= 11 is 5.83. The van der Waals surface area contributed by atoms with Gasteiger partial charge < -0.3 is 5.32 Å². The quantitative estimate of drug-likeness (QED) is 0.773. The van der Waals surface area contributed by atoms with Crippen molar-refractivity contribution in [1.29, 1.82) is 0 Å². The molecule has 2 aromatic carbocycles. The Kier molecular flexibility index (Phi) is 6.66. The SMILES string of the molecule is O=C(CN1CCCN(Cc2ccc(F)cc2)S1(=O)=O)NCc1ccc(Cl)cc1. The molecule has 2 aromatic rings. The molecular weight excluding hydrogens is 405 g/mol. The highest BCUT2D eigenvalue weighted by atomic mass is 35.5. The van der Waals surface area contributed by atoms with Crippen LogP contribution in [0, 0.1) is 5.82 Å². The Hall–Kier alpha value is -2.00. The van der Waals surface area contributed by atoms with Gasteiger partial charge >= 0.3 is 0 Å². The van der Waals surface area contributed by atoms with E-state index in [0.717, 1.165) is 5.56 Å². The molecule has 0 aromatic heterocycles. The fraction of sp³-hybridized carbons (Fsp3) is 0.316. The van der Waals surface area contributed by atoms with E-state index in [1.54, 1.807) is 36.4 Å². The minimum atomic E-state index is -3.76. The first-order valence-electron chi connectivity index (χ1n) is 8.85. The van der Waals surface area contributed by atoms with Crippen molar-refractivity contribution in [3.63, 3.8) is 0 Å². The summed E-state index contributed by atoms with van der Waals surface area (Å²) in [6.45, 7) is 0.851. The zero-order valence-corrected chi connectivity index (χ0v) is 16.7. The van der Waals surface area contributed by atoms with Crippen LogP contribution in [0.15, 0.2) is 48.5 Å². The number of benzene rings is 2. The fourth-order valence-electron chi connectivity index (χ4n) is 2.95. The first-order valence-corrected chi connectivity index (χ1v) is 10.6. The van der Waals surface area contributed by atoms with Crippen molar-refractivity contribution < 1.29 is 17.6 Å². The van der Waals surface area contributed by atoms with E-state index < -0.39 is 10.2 Å². The molecule has 1 heterocycles. The zero-order chi connectivity index (χ0) is 20.1. The van der Waals surface area contributed by atoms with Gasteiger partial charge in [-0.2, -0.15) is 17.0 Å². The molecule has 0 bridgehead atoms.